The lowest BCUT2D eigenvalue weighted by molar-refractivity contribution is -0.127. The van der Waals surface area contributed by atoms with E-state index in [2.05, 4.69) is 5.32 Å². The van der Waals surface area contributed by atoms with Gasteiger partial charge in [0.25, 0.3) is 0 Å². The van der Waals surface area contributed by atoms with Gasteiger partial charge in [-0.2, -0.15) is 0 Å². The predicted molar refractivity (Wildman–Crippen MR) is 67.3 cm³/mol. The molecule has 0 aromatic carbocycles. The number of carbonyl (C=O) groups excluding carboxylic acids is 1. The molecule has 0 heterocycles. The zero-order chi connectivity index (χ0) is 12.5. The molecule has 1 fully saturated rings. The Kier molecular flexibility index (Phi) is 7.56. The Morgan fingerprint density at radius 3 is 2.82 bits per heavy atom. The smallest absolute Gasteiger partial charge is 0.246 e. The van der Waals surface area contributed by atoms with Gasteiger partial charge in [0.2, 0.25) is 5.91 Å². The summed E-state index contributed by atoms with van der Waals surface area (Å²) in [5.41, 5.74) is 0. The molecular weight excluding hydrogens is 242 g/mol. The van der Waals surface area contributed by atoms with Gasteiger partial charge in [-0.1, -0.05) is 12.8 Å². The van der Waals surface area contributed by atoms with E-state index in [-0.39, 0.29) is 18.6 Å². The Hall–Kier alpha value is -0.320. The van der Waals surface area contributed by atoms with E-state index in [1.165, 1.54) is 12.8 Å². The van der Waals surface area contributed by atoms with Crippen molar-refractivity contribution in [3.05, 3.63) is 0 Å². The molecule has 0 aromatic rings. The Balaban J connectivity index is 2.19. The summed E-state index contributed by atoms with van der Waals surface area (Å²) in [4.78, 5) is 11.6. The van der Waals surface area contributed by atoms with Crippen LogP contribution in [0.1, 0.15) is 25.7 Å². The summed E-state index contributed by atoms with van der Waals surface area (Å²) < 4.78 is 10.0. The van der Waals surface area contributed by atoms with Crippen LogP contribution >= 0.6 is 11.6 Å². The Morgan fingerprint density at radius 2 is 2.12 bits per heavy atom. The maximum absolute atomic E-state index is 11.6. The first-order chi connectivity index (χ1) is 8.27. The van der Waals surface area contributed by atoms with Crippen molar-refractivity contribution < 1.29 is 14.3 Å². The van der Waals surface area contributed by atoms with E-state index >= 15 is 0 Å². The molecular formula is C12H22ClNO3. The van der Waals surface area contributed by atoms with Crippen LogP contribution in [0.3, 0.4) is 0 Å². The highest BCUT2D eigenvalue weighted by atomic mass is 35.5. The molecule has 1 amide bonds. The van der Waals surface area contributed by atoms with Crippen LogP contribution in [-0.4, -0.2) is 44.8 Å². The van der Waals surface area contributed by atoms with E-state index in [9.17, 15) is 4.79 Å². The molecule has 1 N–H and O–H groups in total. The van der Waals surface area contributed by atoms with Crippen molar-refractivity contribution in [1.29, 1.82) is 0 Å². The minimum atomic E-state index is -0.0527. The van der Waals surface area contributed by atoms with Crippen molar-refractivity contribution in [2.24, 2.45) is 5.92 Å². The molecule has 0 aliphatic heterocycles. The fourth-order valence-electron chi connectivity index (χ4n) is 2.14. The molecule has 0 aromatic heterocycles. The second kappa shape index (κ2) is 8.72. The van der Waals surface area contributed by atoms with Crippen molar-refractivity contribution >= 4 is 17.5 Å². The van der Waals surface area contributed by atoms with Gasteiger partial charge in [-0.05, 0) is 18.8 Å². The minimum absolute atomic E-state index is 0.0527. The van der Waals surface area contributed by atoms with Gasteiger partial charge < -0.3 is 14.8 Å². The number of carbonyl (C=O) groups is 1. The lowest BCUT2D eigenvalue weighted by Crippen LogP contribution is -2.44. The van der Waals surface area contributed by atoms with Crippen molar-refractivity contribution in [3.8, 4) is 0 Å². The van der Waals surface area contributed by atoms with Crippen LogP contribution in [0.15, 0.2) is 0 Å². The molecule has 4 nitrogen and oxygen atoms in total. The second-order valence-electron chi connectivity index (χ2n) is 4.42. The standard InChI is InChI=1S/C12H22ClNO3/c1-16-6-7-17-9-12(15)14-11-5-3-2-4-10(11)8-13/h10-11H,2-9H2,1H3,(H,14,15). The van der Waals surface area contributed by atoms with Gasteiger partial charge in [-0.3, -0.25) is 4.79 Å². The van der Waals surface area contributed by atoms with Crippen LogP contribution in [-0.2, 0) is 14.3 Å². The van der Waals surface area contributed by atoms with E-state index in [4.69, 9.17) is 21.1 Å². The number of ether oxygens (including phenoxy) is 2. The minimum Gasteiger partial charge on any atom is -0.382 e. The highest BCUT2D eigenvalue weighted by Gasteiger charge is 2.25. The fourth-order valence-corrected chi connectivity index (χ4v) is 2.51. The third-order valence-electron chi connectivity index (χ3n) is 3.12. The number of hydrogen-bond donors (Lipinski definition) is 1. The van der Waals surface area contributed by atoms with E-state index in [1.54, 1.807) is 7.11 Å². The molecule has 1 aliphatic rings. The quantitative estimate of drug-likeness (QED) is 0.560. The number of rotatable bonds is 7. The summed E-state index contributed by atoms with van der Waals surface area (Å²) in [6.45, 7) is 1.07. The topological polar surface area (TPSA) is 47.6 Å². The average molecular weight is 264 g/mol. The first kappa shape index (κ1) is 14.7. The lowest BCUT2D eigenvalue weighted by atomic mass is 9.86. The molecule has 0 radical (unpaired) electrons. The van der Waals surface area contributed by atoms with Crippen LogP contribution in [0.25, 0.3) is 0 Å². The molecule has 0 spiro atoms. The summed E-state index contributed by atoms with van der Waals surface area (Å²) in [6.07, 6.45) is 4.52. The van der Waals surface area contributed by atoms with Gasteiger partial charge in [-0.15, -0.1) is 11.6 Å². The van der Waals surface area contributed by atoms with Crippen LogP contribution in [0.4, 0.5) is 0 Å². The van der Waals surface area contributed by atoms with E-state index < -0.39 is 0 Å². The molecule has 2 unspecified atom stereocenters. The molecule has 2 atom stereocenters. The van der Waals surface area contributed by atoms with Crippen LogP contribution in [0.2, 0.25) is 0 Å². The molecule has 0 bridgehead atoms. The van der Waals surface area contributed by atoms with Crippen molar-refractivity contribution in [3.63, 3.8) is 0 Å². The third-order valence-corrected chi connectivity index (χ3v) is 3.52. The number of amides is 1. The average Bonchev–Trinajstić information content (AvgIpc) is 2.35. The largest absolute Gasteiger partial charge is 0.382 e. The van der Waals surface area contributed by atoms with Gasteiger partial charge in [-0.25, -0.2) is 0 Å². The fraction of sp³-hybridized carbons (Fsp3) is 0.917. The SMILES string of the molecule is COCCOCC(=O)NC1CCCCC1CCl. The van der Waals surface area contributed by atoms with Gasteiger partial charge in [0.05, 0.1) is 13.2 Å². The zero-order valence-electron chi connectivity index (χ0n) is 10.4. The molecule has 1 rings (SSSR count). The molecule has 5 heteroatoms. The molecule has 0 saturated heterocycles. The number of nitrogens with one attached hydrogen (secondary N) is 1. The van der Waals surface area contributed by atoms with Gasteiger partial charge in [0, 0.05) is 19.0 Å². The molecule has 1 saturated carbocycles. The van der Waals surface area contributed by atoms with Gasteiger partial charge in [0.15, 0.2) is 0 Å². The summed E-state index contributed by atoms with van der Waals surface area (Å²) in [6, 6.07) is 0.222. The lowest BCUT2D eigenvalue weighted by Gasteiger charge is -2.30. The normalized spacial score (nSPS) is 24.6. The van der Waals surface area contributed by atoms with Gasteiger partial charge >= 0.3 is 0 Å². The summed E-state index contributed by atoms with van der Waals surface area (Å²) in [7, 11) is 1.61. The zero-order valence-corrected chi connectivity index (χ0v) is 11.2. The molecule has 1 aliphatic carbocycles. The maximum Gasteiger partial charge on any atom is 0.246 e. The highest BCUT2D eigenvalue weighted by Crippen LogP contribution is 2.25. The molecule has 100 valence electrons. The Labute approximate surface area is 108 Å². The number of hydrogen-bond acceptors (Lipinski definition) is 3. The maximum atomic E-state index is 11.6. The number of halogens is 1. The summed E-state index contributed by atoms with van der Waals surface area (Å²) in [5, 5.41) is 3.01. The summed E-state index contributed by atoms with van der Waals surface area (Å²) >= 11 is 5.91. The van der Waals surface area contributed by atoms with Gasteiger partial charge in [0.1, 0.15) is 6.61 Å². The van der Waals surface area contributed by atoms with Crippen molar-refractivity contribution in [1.82, 2.24) is 5.32 Å². The Morgan fingerprint density at radius 1 is 1.35 bits per heavy atom. The van der Waals surface area contributed by atoms with E-state index in [1.807, 2.05) is 0 Å². The highest BCUT2D eigenvalue weighted by molar-refractivity contribution is 6.18. The monoisotopic (exact) mass is 263 g/mol. The number of methoxy groups -OCH3 is 1. The summed E-state index contributed by atoms with van der Waals surface area (Å²) in [5.74, 6) is 0.978. The number of alkyl halides is 1. The predicted octanol–water partition coefficient (Wildman–Crippen LogP) is 1.56. The van der Waals surface area contributed by atoms with E-state index in [0.717, 1.165) is 12.8 Å². The first-order valence-electron chi connectivity index (χ1n) is 6.20. The van der Waals surface area contributed by atoms with Crippen LogP contribution in [0, 0.1) is 5.92 Å². The van der Waals surface area contributed by atoms with Crippen LogP contribution < -0.4 is 5.32 Å². The Bertz CT molecular complexity index is 226. The van der Waals surface area contributed by atoms with Crippen molar-refractivity contribution in [2.45, 2.75) is 31.7 Å². The first-order valence-corrected chi connectivity index (χ1v) is 6.73. The van der Waals surface area contributed by atoms with Crippen LogP contribution in [0.5, 0.6) is 0 Å². The third kappa shape index (κ3) is 5.70. The van der Waals surface area contributed by atoms with E-state index in [0.29, 0.717) is 25.0 Å². The second-order valence-corrected chi connectivity index (χ2v) is 4.73. The molecule has 17 heavy (non-hydrogen) atoms. The van der Waals surface area contributed by atoms with Crippen molar-refractivity contribution in [2.75, 3.05) is 32.8 Å².